The average molecular weight is 215 g/mol. The fourth-order valence-electron chi connectivity index (χ4n) is 1.57. The minimum absolute atomic E-state index is 0.882. The second kappa shape index (κ2) is 5.64. The van der Waals surface area contributed by atoms with Crippen molar-refractivity contribution in [2.75, 3.05) is 0 Å². The molecule has 0 unspecified atom stereocenters. The third kappa shape index (κ3) is 3.06. The first kappa shape index (κ1) is 12.7. The van der Waals surface area contributed by atoms with Crippen molar-refractivity contribution >= 4 is 11.4 Å². The van der Waals surface area contributed by atoms with Crippen LogP contribution in [0, 0.1) is 6.92 Å². The van der Waals surface area contributed by atoms with E-state index in [2.05, 4.69) is 50.5 Å². The third-order valence-electron chi connectivity index (χ3n) is 2.86. The van der Waals surface area contributed by atoms with E-state index in [1.807, 2.05) is 6.92 Å². The van der Waals surface area contributed by atoms with Gasteiger partial charge in [0.15, 0.2) is 0 Å². The molecule has 0 saturated carbocycles. The molecule has 1 aromatic rings. The molecule has 1 aromatic carbocycles. The Balaban J connectivity index is 3.07. The Hall–Kier alpha value is -1.37. The van der Waals surface area contributed by atoms with Crippen LogP contribution in [-0.2, 0) is 6.42 Å². The number of hydrogen-bond donors (Lipinski definition) is 0. The van der Waals surface area contributed by atoms with E-state index in [0.717, 1.165) is 24.3 Å². The highest BCUT2D eigenvalue weighted by atomic mass is 14.7. The van der Waals surface area contributed by atoms with E-state index in [0.29, 0.717) is 0 Å². The molecule has 1 rings (SSSR count). The van der Waals surface area contributed by atoms with Gasteiger partial charge >= 0.3 is 0 Å². The zero-order chi connectivity index (χ0) is 12.1. The predicted molar refractivity (Wildman–Crippen MR) is 73.0 cm³/mol. The number of hydrogen-bond acceptors (Lipinski definition) is 1. The maximum Gasteiger partial charge on any atom is 0.0632 e. The Morgan fingerprint density at radius 3 is 2.56 bits per heavy atom. The molecule has 16 heavy (non-hydrogen) atoms. The van der Waals surface area contributed by atoms with Gasteiger partial charge in [0.1, 0.15) is 0 Å². The largest absolute Gasteiger partial charge is 0.258 e. The summed E-state index contributed by atoms with van der Waals surface area (Å²) < 4.78 is 0. The quantitative estimate of drug-likeness (QED) is 0.660. The van der Waals surface area contributed by atoms with Crippen LogP contribution in [0.25, 0.3) is 5.70 Å². The minimum Gasteiger partial charge on any atom is -0.258 e. The lowest BCUT2D eigenvalue weighted by atomic mass is 10.0. The Morgan fingerprint density at radius 2 is 2.00 bits per heavy atom. The van der Waals surface area contributed by atoms with Crippen LogP contribution >= 0.6 is 0 Å². The topological polar surface area (TPSA) is 12.4 Å². The van der Waals surface area contributed by atoms with Crippen molar-refractivity contribution < 1.29 is 0 Å². The van der Waals surface area contributed by atoms with Gasteiger partial charge in [0.25, 0.3) is 0 Å². The van der Waals surface area contributed by atoms with Crippen LogP contribution in [0.4, 0.5) is 0 Å². The van der Waals surface area contributed by atoms with Gasteiger partial charge in [-0.25, -0.2) is 0 Å². The Bertz CT molecular complexity index is 413. The highest BCUT2D eigenvalue weighted by Gasteiger charge is 2.03. The van der Waals surface area contributed by atoms with Crippen LogP contribution in [0.2, 0.25) is 0 Å². The summed E-state index contributed by atoms with van der Waals surface area (Å²) in [4.78, 5) is 4.52. The van der Waals surface area contributed by atoms with Gasteiger partial charge in [-0.05, 0) is 43.9 Å². The number of rotatable bonds is 4. The monoisotopic (exact) mass is 215 g/mol. The molecule has 0 atom stereocenters. The molecule has 86 valence electrons. The molecule has 0 saturated heterocycles. The average Bonchev–Trinajstić information content (AvgIpc) is 2.29. The van der Waals surface area contributed by atoms with E-state index in [9.17, 15) is 0 Å². The van der Waals surface area contributed by atoms with Crippen molar-refractivity contribution in [3.8, 4) is 0 Å². The van der Waals surface area contributed by atoms with Gasteiger partial charge < -0.3 is 0 Å². The minimum atomic E-state index is 0.882. The molecule has 0 aliphatic carbocycles. The molecule has 1 heteroatoms. The molecule has 0 radical (unpaired) electrons. The summed E-state index contributed by atoms with van der Waals surface area (Å²) >= 11 is 0. The van der Waals surface area contributed by atoms with Gasteiger partial charge in [0, 0.05) is 11.3 Å². The highest BCUT2D eigenvalue weighted by molar-refractivity contribution is 5.87. The van der Waals surface area contributed by atoms with Crippen molar-refractivity contribution in [2.45, 2.75) is 40.5 Å². The predicted octanol–water partition coefficient (Wildman–Crippen LogP) is 4.40. The van der Waals surface area contributed by atoms with Gasteiger partial charge in [0.2, 0.25) is 0 Å². The molecular weight excluding hydrogens is 194 g/mol. The van der Waals surface area contributed by atoms with Gasteiger partial charge in [-0.2, -0.15) is 0 Å². The van der Waals surface area contributed by atoms with Gasteiger partial charge in [-0.1, -0.05) is 32.6 Å². The number of nitrogens with zero attached hydrogens (tertiary/aromatic N) is 1. The van der Waals surface area contributed by atoms with Gasteiger partial charge in [-0.15, -0.1) is 0 Å². The molecule has 0 spiro atoms. The molecule has 1 nitrogen and oxygen atoms in total. The second-order valence-electron chi connectivity index (χ2n) is 4.15. The lowest BCUT2D eigenvalue weighted by Crippen LogP contribution is -1.93. The second-order valence-corrected chi connectivity index (χ2v) is 4.15. The van der Waals surface area contributed by atoms with Crippen LogP contribution in [0.5, 0.6) is 0 Å². The normalized spacial score (nSPS) is 11.6. The van der Waals surface area contributed by atoms with Crippen LogP contribution in [0.1, 0.15) is 43.9 Å². The molecule has 0 aromatic heterocycles. The summed E-state index contributed by atoms with van der Waals surface area (Å²) in [6.45, 7) is 12.5. The zero-order valence-electron chi connectivity index (χ0n) is 10.8. The lowest BCUT2D eigenvalue weighted by molar-refractivity contribution is 1.13. The molecule has 0 heterocycles. The molecular formula is C15H21N. The van der Waals surface area contributed by atoms with Crippen molar-refractivity contribution in [1.29, 1.82) is 0 Å². The van der Waals surface area contributed by atoms with E-state index in [4.69, 9.17) is 0 Å². The van der Waals surface area contributed by atoms with E-state index in [-0.39, 0.29) is 0 Å². The fraction of sp³-hybridized carbons (Fsp3) is 0.400. The van der Waals surface area contributed by atoms with E-state index >= 15 is 0 Å². The summed E-state index contributed by atoms with van der Waals surface area (Å²) in [5, 5.41) is 0. The van der Waals surface area contributed by atoms with E-state index in [1.165, 1.54) is 16.7 Å². The Labute approximate surface area is 98.9 Å². The van der Waals surface area contributed by atoms with Crippen molar-refractivity contribution in [3.63, 3.8) is 0 Å². The van der Waals surface area contributed by atoms with Crippen LogP contribution < -0.4 is 0 Å². The summed E-state index contributed by atoms with van der Waals surface area (Å²) in [7, 11) is 0. The molecule has 0 fully saturated rings. The molecule has 0 aliphatic heterocycles. The van der Waals surface area contributed by atoms with E-state index in [1.54, 1.807) is 0 Å². The fourth-order valence-corrected chi connectivity index (χ4v) is 1.57. The first-order chi connectivity index (χ1) is 7.58. The molecule has 0 amide bonds. The third-order valence-corrected chi connectivity index (χ3v) is 2.86. The first-order valence-electron chi connectivity index (χ1n) is 5.91. The maximum absolute atomic E-state index is 4.52. The van der Waals surface area contributed by atoms with Crippen LogP contribution in [-0.4, -0.2) is 5.71 Å². The highest BCUT2D eigenvalue weighted by Crippen LogP contribution is 2.20. The number of aliphatic imine (C=N–C) groups is 1. The summed E-state index contributed by atoms with van der Waals surface area (Å²) in [5.74, 6) is 0. The van der Waals surface area contributed by atoms with Gasteiger partial charge in [-0.3, -0.25) is 4.99 Å². The van der Waals surface area contributed by atoms with Crippen LogP contribution in [0.3, 0.4) is 0 Å². The molecule has 0 N–H and O–H groups in total. The summed E-state index contributed by atoms with van der Waals surface area (Å²) in [6.07, 6.45) is 2.03. The van der Waals surface area contributed by atoms with Crippen molar-refractivity contribution in [1.82, 2.24) is 0 Å². The summed E-state index contributed by atoms with van der Waals surface area (Å²) in [6, 6.07) is 6.52. The summed E-state index contributed by atoms with van der Waals surface area (Å²) in [5.41, 5.74) is 5.77. The van der Waals surface area contributed by atoms with Crippen molar-refractivity contribution in [3.05, 3.63) is 41.5 Å². The first-order valence-corrected chi connectivity index (χ1v) is 5.91. The Kier molecular flexibility index (Phi) is 4.48. The van der Waals surface area contributed by atoms with Crippen LogP contribution in [0.15, 0.2) is 29.8 Å². The molecule has 0 bridgehead atoms. The van der Waals surface area contributed by atoms with E-state index < -0.39 is 0 Å². The standard InChI is InChI=1S/C15H21N/c1-6-12(4)16-13(5)15-10-14(7-2)9-8-11(15)3/h8-10H,5-7H2,1-4H3. The van der Waals surface area contributed by atoms with Crippen molar-refractivity contribution in [2.24, 2.45) is 4.99 Å². The number of benzene rings is 1. The zero-order valence-corrected chi connectivity index (χ0v) is 10.8. The molecule has 0 aliphatic rings. The van der Waals surface area contributed by atoms with Gasteiger partial charge in [0.05, 0.1) is 5.70 Å². The smallest absolute Gasteiger partial charge is 0.0632 e. The number of aryl methyl sites for hydroxylation is 2. The maximum atomic E-state index is 4.52. The Morgan fingerprint density at radius 1 is 1.31 bits per heavy atom. The SMILES string of the molecule is C=C(N=C(C)CC)c1cc(CC)ccc1C. The lowest BCUT2D eigenvalue weighted by Gasteiger charge is -2.08.